The minimum atomic E-state index is 0.166. The molecule has 2 rings (SSSR count). The molecule has 1 heterocycles. The van der Waals surface area contributed by atoms with Crippen LogP contribution in [0.25, 0.3) is 0 Å². The number of benzene rings is 1. The Morgan fingerprint density at radius 1 is 1.12 bits per heavy atom. The van der Waals surface area contributed by atoms with E-state index in [1.165, 1.54) is 5.69 Å². The third-order valence-corrected chi connectivity index (χ3v) is 3.16. The van der Waals surface area contributed by atoms with Crippen molar-refractivity contribution in [3.63, 3.8) is 0 Å². The molecule has 0 atom stereocenters. The SMILES string of the molecule is COc1ccc(N2CCN(C(C)=O)CC2)cc1. The van der Waals surface area contributed by atoms with E-state index in [4.69, 9.17) is 4.74 Å². The lowest BCUT2D eigenvalue weighted by atomic mass is 10.2. The van der Waals surface area contributed by atoms with E-state index in [9.17, 15) is 4.79 Å². The van der Waals surface area contributed by atoms with Gasteiger partial charge in [-0.3, -0.25) is 4.79 Å². The van der Waals surface area contributed by atoms with Crippen LogP contribution < -0.4 is 9.64 Å². The van der Waals surface area contributed by atoms with E-state index in [-0.39, 0.29) is 5.91 Å². The van der Waals surface area contributed by atoms with Crippen molar-refractivity contribution in [3.05, 3.63) is 24.3 Å². The number of rotatable bonds is 2. The predicted molar refractivity (Wildman–Crippen MR) is 67.5 cm³/mol. The lowest BCUT2D eigenvalue weighted by Crippen LogP contribution is -2.48. The molecular formula is C13H18N2O2. The van der Waals surface area contributed by atoms with Crippen LogP contribution in [0.5, 0.6) is 5.75 Å². The van der Waals surface area contributed by atoms with Gasteiger partial charge in [0, 0.05) is 38.8 Å². The molecule has 0 aliphatic carbocycles. The smallest absolute Gasteiger partial charge is 0.219 e. The molecule has 0 saturated carbocycles. The molecule has 1 fully saturated rings. The molecule has 0 bridgehead atoms. The maximum Gasteiger partial charge on any atom is 0.219 e. The van der Waals surface area contributed by atoms with Gasteiger partial charge in [-0.1, -0.05) is 0 Å². The minimum absolute atomic E-state index is 0.166. The zero-order valence-electron chi connectivity index (χ0n) is 10.3. The van der Waals surface area contributed by atoms with Gasteiger partial charge < -0.3 is 14.5 Å². The number of carbonyl (C=O) groups is 1. The van der Waals surface area contributed by atoms with E-state index < -0.39 is 0 Å². The largest absolute Gasteiger partial charge is 0.497 e. The van der Waals surface area contributed by atoms with E-state index in [2.05, 4.69) is 17.0 Å². The number of hydrogen-bond donors (Lipinski definition) is 0. The van der Waals surface area contributed by atoms with E-state index in [1.807, 2.05) is 17.0 Å². The van der Waals surface area contributed by atoms with Crippen molar-refractivity contribution in [3.8, 4) is 5.75 Å². The Bertz CT molecular complexity index is 381. The zero-order valence-corrected chi connectivity index (χ0v) is 10.3. The van der Waals surface area contributed by atoms with Gasteiger partial charge in [-0.25, -0.2) is 0 Å². The van der Waals surface area contributed by atoms with Crippen LogP contribution in [0.2, 0.25) is 0 Å². The van der Waals surface area contributed by atoms with Gasteiger partial charge in [0.25, 0.3) is 0 Å². The van der Waals surface area contributed by atoms with Crippen molar-refractivity contribution in [1.82, 2.24) is 4.90 Å². The molecule has 0 N–H and O–H groups in total. The zero-order chi connectivity index (χ0) is 12.3. The van der Waals surface area contributed by atoms with Crippen molar-refractivity contribution in [2.24, 2.45) is 0 Å². The van der Waals surface area contributed by atoms with Gasteiger partial charge in [0.05, 0.1) is 7.11 Å². The Hall–Kier alpha value is -1.71. The van der Waals surface area contributed by atoms with E-state index in [0.717, 1.165) is 31.9 Å². The number of ether oxygens (including phenoxy) is 1. The Morgan fingerprint density at radius 2 is 1.71 bits per heavy atom. The Labute approximate surface area is 102 Å². The standard InChI is InChI=1S/C13H18N2O2/c1-11(16)14-7-9-15(10-8-14)12-3-5-13(17-2)6-4-12/h3-6H,7-10H2,1-2H3. The molecule has 1 aromatic carbocycles. The van der Waals surface area contributed by atoms with E-state index in [0.29, 0.717) is 0 Å². The van der Waals surface area contributed by atoms with Gasteiger partial charge in [-0.2, -0.15) is 0 Å². The van der Waals surface area contributed by atoms with Crippen LogP contribution in [0.1, 0.15) is 6.92 Å². The maximum atomic E-state index is 11.2. The van der Waals surface area contributed by atoms with Crippen LogP contribution in [0.15, 0.2) is 24.3 Å². The summed E-state index contributed by atoms with van der Waals surface area (Å²) < 4.78 is 5.13. The first-order valence-electron chi connectivity index (χ1n) is 5.85. The van der Waals surface area contributed by atoms with Crippen LogP contribution in [0, 0.1) is 0 Å². The molecule has 1 aliphatic rings. The predicted octanol–water partition coefficient (Wildman–Crippen LogP) is 1.36. The fourth-order valence-electron chi connectivity index (χ4n) is 2.07. The third-order valence-electron chi connectivity index (χ3n) is 3.16. The summed E-state index contributed by atoms with van der Waals surface area (Å²) in [7, 11) is 1.67. The fourth-order valence-corrected chi connectivity index (χ4v) is 2.07. The average Bonchev–Trinajstić information content (AvgIpc) is 2.39. The van der Waals surface area contributed by atoms with Crippen molar-refractivity contribution in [1.29, 1.82) is 0 Å². The highest BCUT2D eigenvalue weighted by Crippen LogP contribution is 2.20. The molecule has 0 spiro atoms. The van der Waals surface area contributed by atoms with Gasteiger partial charge in [0.2, 0.25) is 5.91 Å². The van der Waals surface area contributed by atoms with Gasteiger partial charge >= 0.3 is 0 Å². The molecule has 1 aromatic rings. The van der Waals surface area contributed by atoms with Crippen LogP contribution in [0.4, 0.5) is 5.69 Å². The minimum Gasteiger partial charge on any atom is -0.497 e. The van der Waals surface area contributed by atoms with E-state index in [1.54, 1.807) is 14.0 Å². The molecular weight excluding hydrogens is 216 g/mol. The maximum absolute atomic E-state index is 11.2. The number of piperazine rings is 1. The number of carbonyl (C=O) groups excluding carboxylic acids is 1. The van der Waals surface area contributed by atoms with Gasteiger partial charge in [-0.05, 0) is 24.3 Å². The Kier molecular flexibility index (Phi) is 3.52. The molecule has 0 aromatic heterocycles. The molecule has 4 nitrogen and oxygen atoms in total. The lowest BCUT2D eigenvalue weighted by Gasteiger charge is -2.35. The summed E-state index contributed by atoms with van der Waals surface area (Å²) >= 11 is 0. The normalized spacial score (nSPS) is 15.9. The van der Waals surface area contributed by atoms with Crippen molar-refractivity contribution in [2.75, 3.05) is 38.2 Å². The lowest BCUT2D eigenvalue weighted by molar-refractivity contribution is -0.129. The topological polar surface area (TPSA) is 32.8 Å². The first-order chi connectivity index (χ1) is 8.20. The molecule has 1 amide bonds. The number of methoxy groups -OCH3 is 1. The van der Waals surface area contributed by atoms with E-state index >= 15 is 0 Å². The second-order valence-electron chi connectivity index (χ2n) is 4.19. The van der Waals surface area contributed by atoms with Crippen molar-refractivity contribution >= 4 is 11.6 Å². The van der Waals surface area contributed by atoms with Crippen LogP contribution in [0.3, 0.4) is 0 Å². The van der Waals surface area contributed by atoms with Crippen LogP contribution >= 0.6 is 0 Å². The van der Waals surface area contributed by atoms with Crippen LogP contribution in [-0.2, 0) is 4.79 Å². The van der Waals surface area contributed by atoms with Crippen molar-refractivity contribution < 1.29 is 9.53 Å². The molecule has 1 aliphatic heterocycles. The molecule has 0 unspecified atom stereocenters. The summed E-state index contributed by atoms with van der Waals surface area (Å²) in [6.45, 7) is 5.03. The van der Waals surface area contributed by atoms with Crippen LogP contribution in [-0.4, -0.2) is 44.1 Å². The first kappa shape index (κ1) is 11.8. The molecule has 4 heteroatoms. The molecule has 0 radical (unpaired) electrons. The van der Waals surface area contributed by atoms with Gasteiger partial charge in [0.1, 0.15) is 5.75 Å². The number of hydrogen-bond acceptors (Lipinski definition) is 3. The summed E-state index contributed by atoms with van der Waals surface area (Å²) in [4.78, 5) is 15.4. The Balaban J connectivity index is 1.97. The van der Waals surface area contributed by atoms with Gasteiger partial charge in [0.15, 0.2) is 0 Å². The van der Waals surface area contributed by atoms with Crippen molar-refractivity contribution in [2.45, 2.75) is 6.92 Å². The monoisotopic (exact) mass is 234 g/mol. The third kappa shape index (κ3) is 2.70. The number of amides is 1. The summed E-state index contributed by atoms with van der Waals surface area (Å²) in [5, 5.41) is 0. The van der Waals surface area contributed by atoms with Gasteiger partial charge in [-0.15, -0.1) is 0 Å². The summed E-state index contributed by atoms with van der Waals surface area (Å²) in [5.41, 5.74) is 1.19. The second kappa shape index (κ2) is 5.08. The summed E-state index contributed by atoms with van der Waals surface area (Å²) in [6, 6.07) is 8.05. The number of anilines is 1. The fraction of sp³-hybridized carbons (Fsp3) is 0.462. The summed E-state index contributed by atoms with van der Waals surface area (Å²) in [5.74, 6) is 1.04. The molecule has 17 heavy (non-hydrogen) atoms. The highest BCUT2D eigenvalue weighted by molar-refractivity contribution is 5.73. The first-order valence-corrected chi connectivity index (χ1v) is 5.85. The Morgan fingerprint density at radius 3 is 2.18 bits per heavy atom. The quantitative estimate of drug-likeness (QED) is 0.774. The molecule has 1 saturated heterocycles. The number of nitrogens with zero attached hydrogens (tertiary/aromatic N) is 2. The second-order valence-corrected chi connectivity index (χ2v) is 4.19. The highest BCUT2D eigenvalue weighted by Gasteiger charge is 2.18. The highest BCUT2D eigenvalue weighted by atomic mass is 16.5. The molecule has 92 valence electrons. The average molecular weight is 234 g/mol. The summed E-state index contributed by atoms with van der Waals surface area (Å²) in [6.07, 6.45) is 0.